The minimum Gasteiger partial charge on any atom is -0.351 e. The van der Waals surface area contributed by atoms with E-state index in [1.165, 1.54) is 23.9 Å². The molecule has 1 N–H and O–H groups in total. The summed E-state index contributed by atoms with van der Waals surface area (Å²) in [5, 5.41) is 11.4. The fourth-order valence-corrected chi connectivity index (χ4v) is 2.91. The van der Waals surface area contributed by atoms with Crippen LogP contribution in [0.25, 0.3) is 5.65 Å². The highest BCUT2D eigenvalue weighted by molar-refractivity contribution is 8.00. The summed E-state index contributed by atoms with van der Waals surface area (Å²) in [7, 11) is 0. The second-order valence-electron chi connectivity index (χ2n) is 5.02. The van der Waals surface area contributed by atoms with E-state index in [-0.39, 0.29) is 17.0 Å². The number of aromatic nitrogens is 3. The van der Waals surface area contributed by atoms with Crippen LogP contribution in [-0.4, -0.2) is 25.8 Å². The van der Waals surface area contributed by atoms with Crippen molar-refractivity contribution in [2.45, 2.75) is 23.9 Å². The molecule has 2 aromatic heterocycles. The van der Waals surface area contributed by atoms with Gasteiger partial charge < -0.3 is 5.32 Å². The number of benzene rings is 1. The number of carbonyl (C=O) groups is 1. The lowest BCUT2D eigenvalue weighted by Gasteiger charge is -2.11. The smallest absolute Gasteiger partial charge is 0.233 e. The fraction of sp³-hybridized carbons (Fsp3) is 0.188. The highest BCUT2D eigenvalue weighted by Gasteiger charge is 2.17. The van der Waals surface area contributed by atoms with Crippen molar-refractivity contribution in [3.8, 4) is 0 Å². The maximum Gasteiger partial charge on any atom is 0.233 e. The number of rotatable bonds is 5. The average Bonchev–Trinajstić information content (AvgIpc) is 2.97. The molecule has 7 heteroatoms. The Labute approximate surface area is 136 Å². The number of thioether (sulfide) groups is 1. The van der Waals surface area contributed by atoms with Crippen molar-refractivity contribution in [1.29, 1.82) is 0 Å². The van der Waals surface area contributed by atoms with Gasteiger partial charge in [-0.2, -0.15) is 0 Å². The minimum atomic E-state index is -0.317. The van der Waals surface area contributed by atoms with Crippen LogP contribution in [0.3, 0.4) is 0 Å². The number of halogens is 1. The van der Waals surface area contributed by atoms with Crippen molar-refractivity contribution in [2.24, 2.45) is 0 Å². The molecule has 0 bridgehead atoms. The number of nitrogens with one attached hydrogen (secondary N) is 1. The van der Waals surface area contributed by atoms with Crippen molar-refractivity contribution in [1.82, 2.24) is 19.9 Å². The maximum absolute atomic E-state index is 12.8. The van der Waals surface area contributed by atoms with Gasteiger partial charge >= 0.3 is 0 Å². The zero-order valence-corrected chi connectivity index (χ0v) is 13.3. The van der Waals surface area contributed by atoms with Crippen molar-refractivity contribution in [3.05, 3.63) is 60.0 Å². The number of hydrogen-bond acceptors (Lipinski definition) is 4. The summed E-state index contributed by atoms with van der Waals surface area (Å²) in [4.78, 5) is 12.2. The van der Waals surface area contributed by atoms with Crippen molar-refractivity contribution >= 4 is 23.3 Å². The predicted molar refractivity (Wildman–Crippen MR) is 86.6 cm³/mol. The van der Waals surface area contributed by atoms with Gasteiger partial charge in [-0.05, 0) is 36.8 Å². The summed E-state index contributed by atoms with van der Waals surface area (Å²) in [5.41, 5.74) is 1.60. The first-order valence-corrected chi connectivity index (χ1v) is 8.00. The standard InChI is InChI=1S/C16H15FN4OS/c1-11(15(22)18-10-12-5-7-13(17)8-6-12)23-16-20-19-14-4-2-3-9-21(14)16/h2-9,11H,10H2,1H3,(H,18,22)/t11-/m0/s1. The van der Waals surface area contributed by atoms with E-state index in [9.17, 15) is 9.18 Å². The highest BCUT2D eigenvalue weighted by Crippen LogP contribution is 2.22. The monoisotopic (exact) mass is 330 g/mol. The van der Waals surface area contributed by atoms with E-state index in [1.807, 2.05) is 35.7 Å². The van der Waals surface area contributed by atoms with Gasteiger partial charge in [0, 0.05) is 12.7 Å². The Bertz CT molecular complexity index is 818. The van der Waals surface area contributed by atoms with Gasteiger partial charge in [0.25, 0.3) is 0 Å². The molecule has 0 saturated heterocycles. The molecule has 0 aliphatic heterocycles. The van der Waals surface area contributed by atoms with Gasteiger partial charge in [-0.3, -0.25) is 9.20 Å². The van der Waals surface area contributed by atoms with E-state index in [4.69, 9.17) is 0 Å². The third kappa shape index (κ3) is 3.68. The lowest BCUT2D eigenvalue weighted by molar-refractivity contribution is -0.120. The zero-order valence-electron chi connectivity index (χ0n) is 12.4. The van der Waals surface area contributed by atoms with E-state index in [0.29, 0.717) is 11.7 Å². The Balaban J connectivity index is 1.60. The van der Waals surface area contributed by atoms with Gasteiger partial charge in [0.2, 0.25) is 5.91 Å². The molecule has 118 valence electrons. The van der Waals surface area contributed by atoms with Crippen LogP contribution in [0.4, 0.5) is 4.39 Å². The maximum atomic E-state index is 12.8. The predicted octanol–water partition coefficient (Wildman–Crippen LogP) is 2.67. The minimum absolute atomic E-state index is 0.105. The van der Waals surface area contributed by atoms with E-state index in [2.05, 4.69) is 15.5 Å². The Kier molecular flexibility index (Phi) is 4.57. The van der Waals surface area contributed by atoms with Crippen molar-refractivity contribution < 1.29 is 9.18 Å². The summed E-state index contributed by atoms with van der Waals surface area (Å²) in [6.45, 7) is 2.18. The zero-order chi connectivity index (χ0) is 16.2. The van der Waals surface area contributed by atoms with E-state index in [0.717, 1.165) is 11.2 Å². The molecule has 1 aromatic carbocycles. The second kappa shape index (κ2) is 6.78. The van der Waals surface area contributed by atoms with Crippen molar-refractivity contribution in [2.75, 3.05) is 0 Å². The first-order valence-electron chi connectivity index (χ1n) is 7.12. The molecule has 0 saturated carbocycles. The molecule has 5 nitrogen and oxygen atoms in total. The molecule has 3 rings (SSSR count). The third-order valence-corrected chi connectivity index (χ3v) is 4.37. The molecule has 23 heavy (non-hydrogen) atoms. The summed E-state index contributed by atoms with van der Waals surface area (Å²) < 4.78 is 14.7. The van der Waals surface area contributed by atoms with Crippen LogP contribution in [0.1, 0.15) is 12.5 Å². The quantitative estimate of drug-likeness (QED) is 0.731. The molecular weight excluding hydrogens is 315 g/mol. The average molecular weight is 330 g/mol. The Morgan fingerprint density at radius 1 is 1.26 bits per heavy atom. The van der Waals surface area contributed by atoms with E-state index in [1.54, 1.807) is 12.1 Å². The third-order valence-electron chi connectivity index (χ3n) is 3.31. The normalized spacial score (nSPS) is 12.3. The molecule has 0 fully saturated rings. The summed E-state index contributed by atoms with van der Waals surface area (Å²) in [5.74, 6) is -0.394. The number of pyridine rings is 1. The molecular formula is C16H15FN4OS. The number of amides is 1. The lowest BCUT2D eigenvalue weighted by Crippen LogP contribution is -2.30. The molecule has 2 heterocycles. The summed E-state index contributed by atoms with van der Waals surface area (Å²) in [6.07, 6.45) is 1.86. The number of hydrogen-bond donors (Lipinski definition) is 1. The van der Waals surface area contributed by atoms with Crippen LogP contribution in [0, 0.1) is 5.82 Å². The van der Waals surface area contributed by atoms with Gasteiger partial charge in [0.15, 0.2) is 10.8 Å². The molecule has 0 radical (unpaired) electrons. The molecule has 1 atom stereocenters. The fourth-order valence-electron chi connectivity index (χ4n) is 2.05. The molecule has 0 aliphatic carbocycles. The van der Waals surface area contributed by atoms with Crippen LogP contribution in [-0.2, 0) is 11.3 Å². The first kappa shape index (κ1) is 15.5. The molecule has 1 amide bonds. The molecule has 0 unspecified atom stereocenters. The SMILES string of the molecule is C[C@H](Sc1nnc2ccccn12)C(=O)NCc1ccc(F)cc1. The lowest BCUT2D eigenvalue weighted by atomic mass is 10.2. The van der Waals surface area contributed by atoms with Crippen LogP contribution >= 0.6 is 11.8 Å². The summed E-state index contributed by atoms with van der Waals surface area (Å²) >= 11 is 1.34. The number of nitrogens with zero attached hydrogens (tertiary/aromatic N) is 3. The molecule has 0 spiro atoms. The van der Waals surface area contributed by atoms with Gasteiger partial charge in [-0.25, -0.2) is 4.39 Å². The second-order valence-corrected chi connectivity index (χ2v) is 6.32. The molecule has 3 aromatic rings. The molecule has 0 aliphatic rings. The Morgan fingerprint density at radius 3 is 2.83 bits per heavy atom. The number of fused-ring (bicyclic) bond motifs is 1. The van der Waals surface area contributed by atoms with Crippen LogP contribution in [0.15, 0.2) is 53.8 Å². The van der Waals surface area contributed by atoms with E-state index < -0.39 is 0 Å². The largest absolute Gasteiger partial charge is 0.351 e. The topological polar surface area (TPSA) is 59.3 Å². The summed E-state index contributed by atoms with van der Waals surface area (Å²) in [6, 6.07) is 11.7. The number of carbonyl (C=O) groups excluding carboxylic acids is 1. The van der Waals surface area contributed by atoms with Crippen LogP contribution in [0.5, 0.6) is 0 Å². The van der Waals surface area contributed by atoms with Crippen LogP contribution in [0.2, 0.25) is 0 Å². The Hall–Kier alpha value is -2.41. The van der Waals surface area contributed by atoms with E-state index >= 15 is 0 Å². The van der Waals surface area contributed by atoms with Gasteiger partial charge in [-0.1, -0.05) is 30.0 Å². The first-order chi connectivity index (χ1) is 11.1. The van der Waals surface area contributed by atoms with Gasteiger partial charge in [-0.15, -0.1) is 10.2 Å². The Morgan fingerprint density at radius 2 is 2.04 bits per heavy atom. The van der Waals surface area contributed by atoms with Gasteiger partial charge in [0.05, 0.1) is 5.25 Å². The van der Waals surface area contributed by atoms with Crippen molar-refractivity contribution in [3.63, 3.8) is 0 Å². The van der Waals surface area contributed by atoms with Gasteiger partial charge in [0.1, 0.15) is 5.82 Å². The van der Waals surface area contributed by atoms with Crippen LogP contribution < -0.4 is 5.32 Å². The highest BCUT2D eigenvalue weighted by atomic mass is 32.2.